The molecule has 0 radical (unpaired) electrons. The molecule has 0 aliphatic heterocycles. The van der Waals surface area contributed by atoms with Gasteiger partial charge in [0, 0.05) is 18.1 Å². The SMILES string of the molecule is Cc1cccc(C(=O)Nc2ccncc2)c1O. The van der Waals surface area contributed by atoms with Crippen LogP contribution in [0.5, 0.6) is 5.75 Å². The Labute approximate surface area is 98.9 Å². The zero-order valence-corrected chi connectivity index (χ0v) is 9.34. The fraction of sp³-hybridized carbons (Fsp3) is 0.0769. The Bertz CT molecular complexity index is 538. The largest absolute Gasteiger partial charge is 0.507 e. The highest BCUT2D eigenvalue weighted by atomic mass is 16.3. The maximum Gasteiger partial charge on any atom is 0.259 e. The second kappa shape index (κ2) is 4.65. The first kappa shape index (κ1) is 11.1. The van der Waals surface area contributed by atoms with E-state index in [0.717, 1.165) is 0 Å². The van der Waals surface area contributed by atoms with Gasteiger partial charge >= 0.3 is 0 Å². The smallest absolute Gasteiger partial charge is 0.259 e. The third kappa shape index (κ3) is 2.42. The number of phenols is 1. The van der Waals surface area contributed by atoms with E-state index in [-0.39, 0.29) is 17.2 Å². The van der Waals surface area contributed by atoms with E-state index in [4.69, 9.17) is 0 Å². The van der Waals surface area contributed by atoms with Crippen molar-refractivity contribution in [2.75, 3.05) is 5.32 Å². The fourth-order valence-corrected chi connectivity index (χ4v) is 1.48. The van der Waals surface area contributed by atoms with Crippen LogP contribution in [0.15, 0.2) is 42.7 Å². The van der Waals surface area contributed by atoms with Gasteiger partial charge in [0.1, 0.15) is 5.75 Å². The topological polar surface area (TPSA) is 62.2 Å². The van der Waals surface area contributed by atoms with Crippen molar-refractivity contribution in [1.29, 1.82) is 0 Å². The Morgan fingerprint density at radius 2 is 1.94 bits per heavy atom. The summed E-state index contributed by atoms with van der Waals surface area (Å²) in [7, 11) is 0. The molecule has 0 bridgehead atoms. The maximum atomic E-state index is 11.9. The molecule has 1 amide bonds. The number of phenolic OH excluding ortho intramolecular Hbond substituents is 1. The lowest BCUT2D eigenvalue weighted by Crippen LogP contribution is -2.12. The molecule has 2 N–H and O–H groups in total. The van der Waals surface area contributed by atoms with Crippen molar-refractivity contribution in [3.63, 3.8) is 0 Å². The van der Waals surface area contributed by atoms with E-state index in [9.17, 15) is 9.90 Å². The number of amides is 1. The van der Waals surface area contributed by atoms with Crippen LogP contribution in [0, 0.1) is 6.92 Å². The lowest BCUT2D eigenvalue weighted by Gasteiger charge is -2.07. The molecule has 4 nitrogen and oxygen atoms in total. The minimum Gasteiger partial charge on any atom is -0.507 e. The number of benzene rings is 1. The molecule has 0 aliphatic carbocycles. The highest BCUT2D eigenvalue weighted by Gasteiger charge is 2.12. The van der Waals surface area contributed by atoms with Crippen molar-refractivity contribution in [3.8, 4) is 5.75 Å². The van der Waals surface area contributed by atoms with Crippen LogP contribution in [0.3, 0.4) is 0 Å². The van der Waals surface area contributed by atoms with E-state index in [1.807, 2.05) is 0 Å². The minimum atomic E-state index is -0.336. The normalized spacial score (nSPS) is 9.94. The molecule has 0 unspecified atom stereocenters. The molecular formula is C13H12N2O2. The molecule has 1 heterocycles. The number of rotatable bonds is 2. The molecule has 1 aromatic heterocycles. The highest BCUT2D eigenvalue weighted by Crippen LogP contribution is 2.22. The van der Waals surface area contributed by atoms with Gasteiger partial charge in [-0.3, -0.25) is 9.78 Å². The van der Waals surface area contributed by atoms with Gasteiger partial charge in [-0.25, -0.2) is 0 Å². The zero-order valence-electron chi connectivity index (χ0n) is 9.34. The second-order valence-electron chi connectivity index (χ2n) is 3.66. The third-order valence-electron chi connectivity index (χ3n) is 2.42. The van der Waals surface area contributed by atoms with Gasteiger partial charge in [-0.15, -0.1) is 0 Å². The van der Waals surface area contributed by atoms with E-state index in [0.29, 0.717) is 11.3 Å². The number of aromatic hydroxyl groups is 1. The summed E-state index contributed by atoms with van der Waals surface area (Å²) in [5.74, 6) is -0.323. The number of nitrogens with one attached hydrogen (secondary N) is 1. The molecule has 17 heavy (non-hydrogen) atoms. The van der Waals surface area contributed by atoms with Gasteiger partial charge in [0.05, 0.1) is 5.56 Å². The third-order valence-corrected chi connectivity index (χ3v) is 2.42. The van der Waals surface area contributed by atoms with Crippen molar-refractivity contribution in [2.45, 2.75) is 6.92 Å². The number of aryl methyl sites for hydroxylation is 1. The molecular weight excluding hydrogens is 216 g/mol. The van der Waals surface area contributed by atoms with Gasteiger partial charge in [0.15, 0.2) is 0 Å². The maximum absolute atomic E-state index is 11.9. The molecule has 0 saturated heterocycles. The molecule has 86 valence electrons. The van der Waals surface area contributed by atoms with Gasteiger partial charge in [-0.2, -0.15) is 0 Å². The lowest BCUT2D eigenvalue weighted by molar-refractivity contribution is 0.102. The molecule has 0 atom stereocenters. The van der Waals surface area contributed by atoms with Crippen LogP contribution in [-0.4, -0.2) is 16.0 Å². The van der Waals surface area contributed by atoms with Crippen LogP contribution < -0.4 is 5.32 Å². The van der Waals surface area contributed by atoms with Gasteiger partial charge in [0.2, 0.25) is 0 Å². The van der Waals surface area contributed by atoms with Crippen molar-refractivity contribution < 1.29 is 9.90 Å². The number of anilines is 1. The van der Waals surface area contributed by atoms with Crippen molar-refractivity contribution in [1.82, 2.24) is 4.98 Å². The van der Waals surface area contributed by atoms with Gasteiger partial charge in [0.25, 0.3) is 5.91 Å². The summed E-state index contributed by atoms with van der Waals surface area (Å²) in [6, 6.07) is 8.43. The van der Waals surface area contributed by atoms with Crippen molar-refractivity contribution in [2.24, 2.45) is 0 Å². The average molecular weight is 228 g/mol. The summed E-state index contributed by atoms with van der Waals surface area (Å²) in [5, 5.41) is 12.5. The quantitative estimate of drug-likeness (QED) is 0.829. The number of aromatic nitrogens is 1. The van der Waals surface area contributed by atoms with Crippen LogP contribution >= 0.6 is 0 Å². The monoisotopic (exact) mass is 228 g/mol. The standard InChI is InChI=1S/C13H12N2O2/c1-9-3-2-4-11(12(9)16)13(17)15-10-5-7-14-8-6-10/h2-8,16H,1H3,(H,14,15,17). The van der Waals surface area contributed by atoms with Gasteiger partial charge in [-0.1, -0.05) is 12.1 Å². The summed E-state index contributed by atoms with van der Waals surface area (Å²) in [4.78, 5) is 15.8. The summed E-state index contributed by atoms with van der Waals surface area (Å²) < 4.78 is 0. The van der Waals surface area contributed by atoms with E-state index in [1.54, 1.807) is 49.6 Å². The number of pyridine rings is 1. The summed E-state index contributed by atoms with van der Waals surface area (Å²) in [5.41, 5.74) is 1.58. The van der Waals surface area contributed by atoms with Gasteiger partial charge < -0.3 is 10.4 Å². The Morgan fingerprint density at radius 3 is 2.65 bits per heavy atom. The predicted molar refractivity (Wildman–Crippen MR) is 65.0 cm³/mol. The molecule has 4 heteroatoms. The van der Waals surface area contributed by atoms with E-state index in [1.165, 1.54) is 0 Å². The highest BCUT2D eigenvalue weighted by molar-refractivity contribution is 6.06. The predicted octanol–water partition coefficient (Wildman–Crippen LogP) is 2.35. The molecule has 2 rings (SSSR count). The molecule has 0 fully saturated rings. The Hall–Kier alpha value is -2.36. The summed E-state index contributed by atoms with van der Waals surface area (Å²) >= 11 is 0. The fourth-order valence-electron chi connectivity index (χ4n) is 1.48. The minimum absolute atomic E-state index is 0.0130. The molecule has 0 aliphatic rings. The van der Waals surface area contributed by atoms with E-state index < -0.39 is 0 Å². The number of hydrogen-bond donors (Lipinski definition) is 2. The summed E-state index contributed by atoms with van der Waals surface area (Å²) in [6.45, 7) is 1.75. The number of para-hydroxylation sites is 1. The average Bonchev–Trinajstić information content (AvgIpc) is 2.34. The summed E-state index contributed by atoms with van der Waals surface area (Å²) in [6.07, 6.45) is 3.18. The van der Waals surface area contributed by atoms with Gasteiger partial charge in [-0.05, 0) is 30.7 Å². The molecule has 0 spiro atoms. The molecule has 1 aromatic carbocycles. The Kier molecular flexibility index (Phi) is 3.05. The van der Waals surface area contributed by atoms with Crippen molar-refractivity contribution in [3.05, 3.63) is 53.9 Å². The Morgan fingerprint density at radius 1 is 1.24 bits per heavy atom. The molecule has 2 aromatic rings. The van der Waals surface area contributed by atoms with Crippen LogP contribution in [-0.2, 0) is 0 Å². The Balaban J connectivity index is 2.24. The number of carbonyl (C=O) groups excluding carboxylic acids is 1. The number of hydrogen-bond acceptors (Lipinski definition) is 3. The first-order chi connectivity index (χ1) is 8.18. The zero-order chi connectivity index (χ0) is 12.3. The first-order valence-electron chi connectivity index (χ1n) is 5.18. The first-order valence-corrected chi connectivity index (χ1v) is 5.18. The molecule has 0 saturated carbocycles. The van der Waals surface area contributed by atoms with Crippen LogP contribution in [0.2, 0.25) is 0 Å². The second-order valence-corrected chi connectivity index (χ2v) is 3.66. The van der Waals surface area contributed by atoms with Crippen LogP contribution in [0.4, 0.5) is 5.69 Å². The van der Waals surface area contributed by atoms with Crippen LogP contribution in [0.25, 0.3) is 0 Å². The van der Waals surface area contributed by atoms with E-state index >= 15 is 0 Å². The van der Waals surface area contributed by atoms with Crippen LogP contribution in [0.1, 0.15) is 15.9 Å². The van der Waals surface area contributed by atoms with E-state index in [2.05, 4.69) is 10.3 Å². The van der Waals surface area contributed by atoms with Crippen molar-refractivity contribution >= 4 is 11.6 Å². The number of nitrogens with zero attached hydrogens (tertiary/aromatic N) is 1. The lowest BCUT2D eigenvalue weighted by atomic mass is 10.1. The number of carbonyl (C=O) groups is 1.